The van der Waals surface area contributed by atoms with E-state index in [4.69, 9.17) is 4.74 Å². The summed E-state index contributed by atoms with van der Waals surface area (Å²) in [4.78, 5) is 16.7. The van der Waals surface area contributed by atoms with Crippen LogP contribution >= 0.6 is 11.3 Å². The quantitative estimate of drug-likeness (QED) is 0.726. The van der Waals surface area contributed by atoms with Crippen molar-refractivity contribution in [1.82, 2.24) is 4.98 Å². The van der Waals surface area contributed by atoms with Gasteiger partial charge in [-0.15, -0.1) is 11.3 Å². The molecule has 0 unspecified atom stereocenters. The topological polar surface area (TPSA) is 39.2 Å². The van der Waals surface area contributed by atoms with Gasteiger partial charge in [0.25, 0.3) is 0 Å². The van der Waals surface area contributed by atoms with Gasteiger partial charge in [-0.1, -0.05) is 0 Å². The van der Waals surface area contributed by atoms with Crippen molar-refractivity contribution in [2.75, 3.05) is 7.11 Å². The number of thiazole rings is 1. The van der Waals surface area contributed by atoms with Gasteiger partial charge in [-0.05, 0) is 27.2 Å². The molecule has 4 heteroatoms. The van der Waals surface area contributed by atoms with Crippen LogP contribution in [0.15, 0.2) is 5.51 Å². The maximum atomic E-state index is 11.8. The Morgan fingerprint density at radius 2 is 2.27 bits per heavy atom. The average Bonchev–Trinajstić information content (AvgIpc) is 2.61. The summed E-state index contributed by atoms with van der Waals surface area (Å²) in [6.45, 7) is 5.84. The molecule has 0 aliphatic heterocycles. The third-order valence-electron chi connectivity index (χ3n) is 2.51. The lowest BCUT2D eigenvalue weighted by atomic mass is 10.00. The highest BCUT2D eigenvalue weighted by atomic mass is 32.1. The fourth-order valence-electron chi connectivity index (χ4n) is 1.20. The molecule has 15 heavy (non-hydrogen) atoms. The third kappa shape index (κ3) is 3.39. The van der Waals surface area contributed by atoms with E-state index in [0.717, 1.165) is 17.0 Å². The summed E-state index contributed by atoms with van der Waals surface area (Å²) in [7, 11) is 1.67. The minimum Gasteiger partial charge on any atom is -0.379 e. The molecule has 0 aliphatic rings. The molecular formula is C11H17NO2S. The number of Topliss-reactive ketones (excluding diaryl/α,β-unsaturated/α-hetero) is 1. The molecule has 1 aromatic heterocycles. The second-order valence-electron chi connectivity index (χ2n) is 4.15. The molecule has 0 aliphatic carbocycles. The van der Waals surface area contributed by atoms with Gasteiger partial charge < -0.3 is 4.74 Å². The predicted octanol–water partition coefficient (Wildman–Crippen LogP) is 2.84. The zero-order chi connectivity index (χ0) is 11.5. The number of rotatable bonds is 5. The summed E-state index contributed by atoms with van der Waals surface area (Å²) in [5, 5.41) is 0. The summed E-state index contributed by atoms with van der Waals surface area (Å²) < 4.78 is 5.27. The first-order valence-corrected chi connectivity index (χ1v) is 5.82. The Balaban J connectivity index is 2.55. The zero-order valence-corrected chi connectivity index (χ0v) is 10.5. The first-order chi connectivity index (χ1) is 6.96. The number of aryl methyl sites for hydroxylation is 1. The molecule has 0 bridgehead atoms. The van der Waals surface area contributed by atoms with Gasteiger partial charge in [-0.25, -0.2) is 4.98 Å². The van der Waals surface area contributed by atoms with Gasteiger partial charge in [0.05, 0.1) is 21.7 Å². The van der Waals surface area contributed by atoms with E-state index >= 15 is 0 Å². The van der Waals surface area contributed by atoms with Gasteiger partial charge in [-0.2, -0.15) is 0 Å². The molecule has 1 aromatic rings. The summed E-state index contributed by atoms with van der Waals surface area (Å²) >= 11 is 1.41. The van der Waals surface area contributed by atoms with Gasteiger partial charge in [0, 0.05) is 13.5 Å². The molecule has 0 N–H and O–H groups in total. The Morgan fingerprint density at radius 3 is 2.73 bits per heavy atom. The first-order valence-electron chi connectivity index (χ1n) is 4.95. The van der Waals surface area contributed by atoms with Gasteiger partial charge in [0.2, 0.25) is 0 Å². The largest absolute Gasteiger partial charge is 0.379 e. The van der Waals surface area contributed by atoms with Crippen LogP contribution in [0.3, 0.4) is 0 Å². The van der Waals surface area contributed by atoms with Crippen LogP contribution in [0, 0.1) is 6.92 Å². The van der Waals surface area contributed by atoms with Gasteiger partial charge in [0.1, 0.15) is 0 Å². The number of nitrogens with zero attached hydrogens (tertiary/aromatic N) is 1. The number of ether oxygens (including phenoxy) is 1. The van der Waals surface area contributed by atoms with Crippen LogP contribution < -0.4 is 0 Å². The molecule has 0 radical (unpaired) electrons. The molecule has 1 rings (SSSR count). The number of ketones is 1. The maximum Gasteiger partial charge on any atom is 0.174 e. The van der Waals surface area contributed by atoms with Crippen LogP contribution in [-0.2, 0) is 4.74 Å². The van der Waals surface area contributed by atoms with Crippen molar-refractivity contribution in [1.29, 1.82) is 0 Å². The molecule has 0 amide bonds. The molecule has 3 nitrogen and oxygen atoms in total. The highest BCUT2D eigenvalue weighted by Gasteiger charge is 2.20. The fourth-order valence-corrected chi connectivity index (χ4v) is 1.97. The minimum absolute atomic E-state index is 0.167. The Hall–Kier alpha value is -0.740. The number of hydrogen-bond acceptors (Lipinski definition) is 4. The lowest BCUT2D eigenvalue weighted by Gasteiger charge is -2.21. The highest BCUT2D eigenvalue weighted by molar-refractivity contribution is 7.11. The van der Waals surface area contributed by atoms with Gasteiger partial charge >= 0.3 is 0 Å². The molecule has 0 atom stereocenters. The van der Waals surface area contributed by atoms with Crippen LogP contribution in [-0.4, -0.2) is 23.5 Å². The molecule has 84 valence electrons. The molecule has 1 heterocycles. The molecule has 0 fully saturated rings. The Bertz CT molecular complexity index is 344. The number of hydrogen-bond donors (Lipinski definition) is 0. The van der Waals surface area contributed by atoms with Crippen molar-refractivity contribution < 1.29 is 9.53 Å². The van der Waals surface area contributed by atoms with E-state index in [1.54, 1.807) is 12.6 Å². The van der Waals surface area contributed by atoms with Crippen LogP contribution in [0.2, 0.25) is 0 Å². The standard InChI is InChI=1S/C11H17NO2S/c1-8-10(15-7-12-8)9(13)5-6-11(2,3)14-4/h7H,5-6H2,1-4H3. The maximum absolute atomic E-state index is 11.8. The summed E-state index contributed by atoms with van der Waals surface area (Å²) in [5.74, 6) is 0.167. The van der Waals surface area contributed by atoms with E-state index in [0.29, 0.717) is 6.42 Å². The van der Waals surface area contributed by atoms with E-state index in [9.17, 15) is 4.79 Å². The van der Waals surface area contributed by atoms with Crippen molar-refractivity contribution in [3.63, 3.8) is 0 Å². The lowest BCUT2D eigenvalue weighted by Crippen LogP contribution is -2.23. The lowest BCUT2D eigenvalue weighted by molar-refractivity contribution is 0.0142. The summed E-state index contributed by atoms with van der Waals surface area (Å²) in [6, 6.07) is 0. The fraction of sp³-hybridized carbons (Fsp3) is 0.636. The van der Waals surface area contributed by atoms with Crippen molar-refractivity contribution in [2.45, 2.75) is 39.2 Å². The summed E-state index contributed by atoms with van der Waals surface area (Å²) in [5.41, 5.74) is 2.32. The normalized spacial score (nSPS) is 11.7. The average molecular weight is 227 g/mol. The smallest absolute Gasteiger partial charge is 0.174 e. The molecule has 0 spiro atoms. The van der Waals surface area contributed by atoms with Gasteiger partial charge in [-0.3, -0.25) is 4.79 Å². The van der Waals surface area contributed by atoms with Crippen molar-refractivity contribution in [3.8, 4) is 0 Å². The van der Waals surface area contributed by atoms with Crippen LogP contribution in [0.1, 0.15) is 42.1 Å². The van der Waals surface area contributed by atoms with E-state index in [1.165, 1.54) is 11.3 Å². The predicted molar refractivity (Wildman–Crippen MR) is 61.5 cm³/mol. The van der Waals surface area contributed by atoms with Crippen molar-refractivity contribution in [2.24, 2.45) is 0 Å². The number of carbonyl (C=O) groups is 1. The number of aromatic nitrogens is 1. The van der Waals surface area contributed by atoms with Crippen molar-refractivity contribution in [3.05, 3.63) is 16.1 Å². The van der Waals surface area contributed by atoms with E-state index < -0.39 is 0 Å². The number of carbonyl (C=O) groups excluding carboxylic acids is 1. The minimum atomic E-state index is -0.228. The Labute approximate surface area is 94.5 Å². The van der Waals surface area contributed by atoms with E-state index in [2.05, 4.69) is 4.98 Å². The third-order valence-corrected chi connectivity index (χ3v) is 3.48. The second-order valence-corrected chi connectivity index (χ2v) is 5.01. The van der Waals surface area contributed by atoms with Crippen LogP contribution in [0.5, 0.6) is 0 Å². The zero-order valence-electron chi connectivity index (χ0n) is 9.66. The van der Waals surface area contributed by atoms with Crippen LogP contribution in [0.25, 0.3) is 0 Å². The second kappa shape index (κ2) is 4.86. The number of methoxy groups -OCH3 is 1. The van der Waals surface area contributed by atoms with Crippen LogP contribution in [0.4, 0.5) is 0 Å². The van der Waals surface area contributed by atoms with E-state index in [-0.39, 0.29) is 11.4 Å². The van der Waals surface area contributed by atoms with Gasteiger partial charge in [0.15, 0.2) is 5.78 Å². The van der Waals surface area contributed by atoms with Crippen molar-refractivity contribution >= 4 is 17.1 Å². The molecule has 0 aromatic carbocycles. The van der Waals surface area contributed by atoms with E-state index in [1.807, 2.05) is 20.8 Å². The Kier molecular flexibility index (Phi) is 3.99. The molecular weight excluding hydrogens is 210 g/mol. The summed E-state index contributed by atoms with van der Waals surface area (Å²) in [6.07, 6.45) is 1.25. The SMILES string of the molecule is COC(C)(C)CCC(=O)c1scnc1C. The Morgan fingerprint density at radius 1 is 1.60 bits per heavy atom. The monoisotopic (exact) mass is 227 g/mol. The highest BCUT2D eigenvalue weighted by Crippen LogP contribution is 2.20. The molecule has 0 saturated heterocycles. The first kappa shape index (κ1) is 12.3. The molecule has 0 saturated carbocycles.